The smallest absolute Gasteiger partial charge is 0.0794 e. The molecule has 0 atom stereocenters. The minimum absolute atomic E-state index is 0.968. The molecule has 7 aromatic rings. The van der Waals surface area contributed by atoms with Crippen LogP contribution in [0, 0.1) is 0 Å². The molecule has 0 bridgehead atoms. The Morgan fingerprint density at radius 3 is 1.55 bits per heavy atom. The van der Waals surface area contributed by atoms with Gasteiger partial charge < -0.3 is 0 Å². The first-order chi connectivity index (χ1) is 18.8. The Morgan fingerprint density at radius 1 is 0.368 bits per heavy atom. The van der Waals surface area contributed by atoms with Gasteiger partial charge in [-0.1, -0.05) is 109 Å². The van der Waals surface area contributed by atoms with Crippen molar-refractivity contribution >= 4 is 21.7 Å². The quantitative estimate of drug-likeness (QED) is 0.233. The first-order valence-corrected chi connectivity index (χ1v) is 12.8. The number of aromatic nitrogens is 2. The minimum Gasteiger partial charge on any atom is -0.265 e. The molecule has 0 fully saturated rings. The average Bonchev–Trinajstić information content (AvgIpc) is 3.01. The normalized spacial score (nSPS) is 11.2. The maximum atomic E-state index is 5.29. The lowest BCUT2D eigenvalue weighted by Gasteiger charge is -2.16. The second-order valence-electron chi connectivity index (χ2n) is 9.47. The molecule has 5 aromatic carbocycles. The molecule has 0 aliphatic carbocycles. The van der Waals surface area contributed by atoms with Crippen molar-refractivity contribution in [3.05, 3.63) is 146 Å². The Bertz CT molecular complexity index is 1880. The Labute approximate surface area is 221 Å². The number of pyridine rings is 2. The van der Waals surface area contributed by atoms with E-state index in [9.17, 15) is 0 Å². The maximum Gasteiger partial charge on any atom is 0.0794 e. The zero-order valence-electron chi connectivity index (χ0n) is 20.8. The fourth-order valence-corrected chi connectivity index (χ4v) is 5.29. The van der Waals surface area contributed by atoms with E-state index < -0.39 is 0 Å². The summed E-state index contributed by atoms with van der Waals surface area (Å²) in [5.74, 6) is 0. The molecule has 38 heavy (non-hydrogen) atoms. The van der Waals surface area contributed by atoms with Gasteiger partial charge in [-0.25, -0.2) is 4.98 Å². The number of fused-ring (bicyclic) bond motifs is 3. The van der Waals surface area contributed by atoms with Crippen LogP contribution in [0.25, 0.3) is 66.3 Å². The van der Waals surface area contributed by atoms with E-state index in [-0.39, 0.29) is 0 Å². The van der Waals surface area contributed by atoms with E-state index in [1.54, 1.807) is 0 Å². The monoisotopic (exact) mass is 484 g/mol. The molecular formula is C36H24N2. The van der Waals surface area contributed by atoms with Gasteiger partial charge in [-0.05, 0) is 63.0 Å². The number of rotatable bonds is 4. The first kappa shape index (κ1) is 22.1. The van der Waals surface area contributed by atoms with E-state index >= 15 is 0 Å². The van der Waals surface area contributed by atoms with E-state index in [0.29, 0.717) is 0 Å². The van der Waals surface area contributed by atoms with Gasteiger partial charge in [-0.2, -0.15) is 0 Å². The van der Waals surface area contributed by atoms with Crippen molar-refractivity contribution in [1.82, 2.24) is 9.97 Å². The standard InChI is InChI=1S/C36H24N2/c1-3-9-27(10-4-1)32-23-34-33(28-11-5-2-6-12-28)24-35(38-36(34)31-14-8-7-13-30(31)32)29-17-15-25(16-18-29)26-19-21-37-22-20-26/h1-24H. The summed E-state index contributed by atoms with van der Waals surface area (Å²) in [6, 6.07) is 47.2. The highest BCUT2D eigenvalue weighted by atomic mass is 14.7. The SMILES string of the molecule is c1ccc(-c2cc3c(-c4ccccc4)cc(-c4ccc(-c5ccncc5)cc4)nc3c3ccccc23)cc1. The molecule has 2 nitrogen and oxygen atoms in total. The third-order valence-corrected chi connectivity index (χ3v) is 7.18. The predicted octanol–water partition coefficient (Wildman–Crippen LogP) is 9.45. The Balaban J connectivity index is 1.50. The second kappa shape index (κ2) is 9.42. The van der Waals surface area contributed by atoms with Gasteiger partial charge in [0, 0.05) is 28.7 Å². The Hall–Kier alpha value is -5.08. The fraction of sp³-hybridized carbons (Fsp3) is 0. The van der Waals surface area contributed by atoms with Crippen LogP contribution in [0.15, 0.2) is 146 Å². The van der Waals surface area contributed by atoms with Crippen molar-refractivity contribution in [3.63, 3.8) is 0 Å². The summed E-state index contributed by atoms with van der Waals surface area (Å²) in [7, 11) is 0. The van der Waals surface area contributed by atoms with Gasteiger partial charge in [-0.15, -0.1) is 0 Å². The molecule has 178 valence electrons. The third-order valence-electron chi connectivity index (χ3n) is 7.18. The number of benzene rings is 5. The van der Waals surface area contributed by atoms with E-state index in [1.807, 2.05) is 24.5 Å². The molecule has 0 unspecified atom stereocenters. The molecule has 7 rings (SSSR count). The van der Waals surface area contributed by atoms with Crippen molar-refractivity contribution in [2.45, 2.75) is 0 Å². The van der Waals surface area contributed by atoms with E-state index in [1.165, 1.54) is 27.6 Å². The van der Waals surface area contributed by atoms with Crippen molar-refractivity contribution in [1.29, 1.82) is 0 Å². The predicted molar refractivity (Wildman–Crippen MR) is 159 cm³/mol. The molecule has 0 saturated heterocycles. The van der Waals surface area contributed by atoms with Crippen molar-refractivity contribution in [3.8, 4) is 44.6 Å². The molecule has 0 spiro atoms. The second-order valence-corrected chi connectivity index (χ2v) is 9.47. The highest BCUT2D eigenvalue weighted by molar-refractivity contribution is 6.16. The molecule has 0 aliphatic heterocycles. The van der Waals surface area contributed by atoms with Crippen LogP contribution in [0.3, 0.4) is 0 Å². The van der Waals surface area contributed by atoms with Gasteiger partial charge in [0.1, 0.15) is 0 Å². The van der Waals surface area contributed by atoms with Crippen LogP contribution in [0.5, 0.6) is 0 Å². The summed E-state index contributed by atoms with van der Waals surface area (Å²) in [5.41, 5.74) is 10.2. The molecule has 0 saturated carbocycles. The third kappa shape index (κ3) is 3.93. The summed E-state index contributed by atoms with van der Waals surface area (Å²) in [6.07, 6.45) is 3.66. The molecule has 2 heterocycles. The summed E-state index contributed by atoms with van der Waals surface area (Å²) in [4.78, 5) is 9.43. The fourth-order valence-electron chi connectivity index (χ4n) is 5.29. The number of hydrogen-bond acceptors (Lipinski definition) is 2. The van der Waals surface area contributed by atoms with E-state index in [4.69, 9.17) is 4.98 Å². The molecule has 0 radical (unpaired) electrons. The molecular weight excluding hydrogens is 460 g/mol. The zero-order valence-corrected chi connectivity index (χ0v) is 20.8. The van der Waals surface area contributed by atoms with Crippen molar-refractivity contribution < 1.29 is 0 Å². The van der Waals surface area contributed by atoms with Crippen LogP contribution in [-0.4, -0.2) is 9.97 Å². The number of nitrogens with zero attached hydrogens (tertiary/aromatic N) is 2. The summed E-state index contributed by atoms with van der Waals surface area (Å²) >= 11 is 0. The molecule has 0 N–H and O–H groups in total. The maximum absolute atomic E-state index is 5.29. The largest absolute Gasteiger partial charge is 0.265 e. The van der Waals surface area contributed by atoms with Crippen LogP contribution in [0.1, 0.15) is 0 Å². The first-order valence-electron chi connectivity index (χ1n) is 12.8. The zero-order chi connectivity index (χ0) is 25.3. The average molecular weight is 485 g/mol. The molecule has 2 aromatic heterocycles. The van der Waals surface area contributed by atoms with Gasteiger partial charge in [0.15, 0.2) is 0 Å². The lowest BCUT2D eigenvalue weighted by atomic mass is 9.91. The Morgan fingerprint density at radius 2 is 0.895 bits per heavy atom. The van der Waals surface area contributed by atoms with Gasteiger partial charge in [-0.3, -0.25) is 4.98 Å². The highest BCUT2D eigenvalue weighted by Gasteiger charge is 2.15. The van der Waals surface area contributed by atoms with Gasteiger partial charge in [0.05, 0.1) is 11.2 Å². The topological polar surface area (TPSA) is 25.8 Å². The number of hydrogen-bond donors (Lipinski definition) is 0. The van der Waals surface area contributed by atoms with E-state index in [2.05, 4.69) is 126 Å². The van der Waals surface area contributed by atoms with Crippen molar-refractivity contribution in [2.24, 2.45) is 0 Å². The lowest BCUT2D eigenvalue weighted by molar-refractivity contribution is 1.33. The van der Waals surface area contributed by atoms with Gasteiger partial charge in [0.25, 0.3) is 0 Å². The summed E-state index contributed by atoms with van der Waals surface area (Å²) < 4.78 is 0. The summed E-state index contributed by atoms with van der Waals surface area (Å²) in [6.45, 7) is 0. The lowest BCUT2D eigenvalue weighted by Crippen LogP contribution is -1.93. The highest BCUT2D eigenvalue weighted by Crippen LogP contribution is 2.40. The van der Waals surface area contributed by atoms with Gasteiger partial charge in [0.2, 0.25) is 0 Å². The minimum atomic E-state index is 0.968. The van der Waals surface area contributed by atoms with Crippen LogP contribution in [0.2, 0.25) is 0 Å². The molecule has 0 aliphatic rings. The van der Waals surface area contributed by atoms with Crippen LogP contribution in [-0.2, 0) is 0 Å². The Kier molecular flexibility index (Phi) is 5.49. The van der Waals surface area contributed by atoms with Gasteiger partial charge >= 0.3 is 0 Å². The molecule has 2 heteroatoms. The van der Waals surface area contributed by atoms with Crippen LogP contribution in [0.4, 0.5) is 0 Å². The van der Waals surface area contributed by atoms with Crippen molar-refractivity contribution in [2.75, 3.05) is 0 Å². The van der Waals surface area contributed by atoms with Crippen LogP contribution >= 0.6 is 0 Å². The summed E-state index contributed by atoms with van der Waals surface area (Å²) in [5, 5.41) is 3.53. The molecule has 0 amide bonds. The van der Waals surface area contributed by atoms with Crippen LogP contribution < -0.4 is 0 Å². The van der Waals surface area contributed by atoms with E-state index in [0.717, 1.165) is 38.7 Å².